The molecule has 0 bridgehead atoms. The SMILES string of the molecule is O=C(Nc1ccc(NC(=O)C2CC2)cc1)c1cccc(Cl)c1Cl. The summed E-state index contributed by atoms with van der Waals surface area (Å²) in [5.74, 6) is -0.140. The van der Waals surface area contributed by atoms with Gasteiger partial charge >= 0.3 is 0 Å². The largest absolute Gasteiger partial charge is 0.326 e. The van der Waals surface area contributed by atoms with Crippen molar-refractivity contribution in [1.29, 1.82) is 0 Å². The van der Waals surface area contributed by atoms with Crippen molar-refractivity contribution in [2.45, 2.75) is 12.8 Å². The van der Waals surface area contributed by atoms with E-state index in [2.05, 4.69) is 10.6 Å². The first kappa shape index (κ1) is 15.8. The fraction of sp³-hybridized carbons (Fsp3) is 0.176. The fourth-order valence-corrected chi connectivity index (χ4v) is 2.49. The molecule has 2 aromatic carbocycles. The lowest BCUT2D eigenvalue weighted by atomic mass is 10.2. The molecular weight excluding hydrogens is 335 g/mol. The summed E-state index contributed by atoms with van der Waals surface area (Å²) in [5, 5.41) is 6.14. The van der Waals surface area contributed by atoms with Crippen molar-refractivity contribution in [3.05, 3.63) is 58.1 Å². The van der Waals surface area contributed by atoms with Gasteiger partial charge in [-0.15, -0.1) is 0 Å². The second-order valence-electron chi connectivity index (χ2n) is 5.40. The molecular formula is C17H14Cl2N2O2. The molecule has 23 heavy (non-hydrogen) atoms. The summed E-state index contributed by atoms with van der Waals surface area (Å²) < 4.78 is 0. The number of rotatable bonds is 4. The standard InChI is InChI=1S/C17H14Cl2N2O2/c18-14-3-1-2-13(15(14)19)17(23)21-12-8-6-11(7-9-12)20-16(22)10-4-5-10/h1-3,6-10H,4-5H2,(H,20,22)(H,21,23). The predicted octanol–water partition coefficient (Wildman–Crippen LogP) is 4.59. The molecule has 1 aliphatic carbocycles. The Morgan fingerprint density at radius 3 is 2.13 bits per heavy atom. The molecule has 3 rings (SSSR count). The minimum absolute atomic E-state index is 0.0486. The third-order valence-corrected chi connectivity index (χ3v) is 4.37. The quantitative estimate of drug-likeness (QED) is 0.848. The average Bonchev–Trinajstić information content (AvgIpc) is 3.36. The maximum Gasteiger partial charge on any atom is 0.257 e. The predicted molar refractivity (Wildman–Crippen MR) is 92.2 cm³/mol. The molecule has 6 heteroatoms. The number of halogens is 2. The first-order valence-corrected chi connectivity index (χ1v) is 7.96. The Balaban J connectivity index is 1.66. The van der Waals surface area contributed by atoms with Crippen LogP contribution in [0.25, 0.3) is 0 Å². The molecule has 2 amide bonds. The van der Waals surface area contributed by atoms with Gasteiger partial charge in [0, 0.05) is 17.3 Å². The molecule has 1 fully saturated rings. The van der Waals surface area contributed by atoms with Gasteiger partial charge in [-0.05, 0) is 49.2 Å². The van der Waals surface area contributed by atoms with Gasteiger partial charge in [-0.1, -0.05) is 29.3 Å². The first-order valence-electron chi connectivity index (χ1n) is 7.21. The van der Waals surface area contributed by atoms with Gasteiger partial charge in [-0.25, -0.2) is 0 Å². The molecule has 4 nitrogen and oxygen atoms in total. The fourth-order valence-electron chi connectivity index (χ4n) is 2.10. The number of amides is 2. The highest BCUT2D eigenvalue weighted by Gasteiger charge is 2.29. The highest BCUT2D eigenvalue weighted by atomic mass is 35.5. The van der Waals surface area contributed by atoms with Crippen LogP contribution in [0.4, 0.5) is 11.4 Å². The minimum Gasteiger partial charge on any atom is -0.326 e. The Labute approximate surface area is 143 Å². The number of carbonyl (C=O) groups is 2. The molecule has 0 atom stereocenters. The summed E-state index contributed by atoms with van der Waals surface area (Å²) in [6, 6.07) is 11.8. The van der Waals surface area contributed by atoms with E-state index >= 15 is 0 Å². The maximum absolute atomic E-state index is 12.2. The van der Waals surface area contributed by atoms with Crippen LogP contribution < -0.4 is 10.6 Å². The lowest BCUT2D eigenvalue weighted by molar-refractivity contribution is -0.117. The molecule has 0 unspecified atom stereocenters. The Hall–Kier alpha value is -2.04. The molecule has 0 aliphatic heterocycles. The molecule has 0 heterocycles. The lowest BCUT2D eigenvalue weighted by Crippen LogP contribution is -2.14. The number of nitrogens with one attached hydrogen (secondary N) is 2. The molecule has 0 saturated heterocycles. The van der Waals surface area contributed by atoms with E-state index in [-0.39, 0.29) is 22.8 Å². The van der Waals surface area contributed by atoms with E-state index in [9.17, 15) is 9.59 Å². The van der Waals surface area contributed by atoms with Crippen molar-refractivity contribution in [3.63, 3.8) is 0 Å². The van der Waals surface area contributed by atoms with Crippen LogP contribution in [0.1, 0.15) is 23.2 Å². The molecule has 2 aromatic rings. The summed E-state index contributed by atoms with van der Waals surface area (Å²) in [5.41, 5.74) is 1.63. The van der Waals surface area contributed by atoms with Crippen molar-refractivity contribution < 1.29 is 9.59 Å². The Kier molecular flexibility index (Phi) is 4.55. The van der Waals surface area contributed by atoms with Gasteiger partial charge in [0.1, 0.15) is 0 Å². The first-order chi connectivity index (χ1) is 11.0. The summed E-state index contributed by atoms with van der Waals surface area (Å²) >= 11 is 11.9. The van der Waals surface area contributed by atoms with E-state index in [1.807, 2.05) is 0 Å². The van der Waals surface area contributed by atoms with Crippen LogP contribution in [-0.2, 0) is 4.79 Å². The van der Waals surface area contributed by atoms with Crippen LogP contribution in [0.2, 0.25) is 10.0 Å². The maximum atomic E-state index is 12.2. The summed E-state index contributed by atoms with van der Waals surface area (Å²) in [4.78, 5) is 23.9. The monoisotopic (exact) mass is 348 g/mol. The van der Waals surface area contributed by atoms with E-state index in [0.29, 0.717) is 22.0 Å². The van der Waals surface area contributed by atoms with Gasteiger partial charge in [-0.2, -0.15) is 0 Å². The van der Waals surface area contributed by atoms with Gasteiger partial charge in [0.15, 0.2) is 0 Å². The number of hydrogen-bond donors (Lipinski definition) is 2. The zero-order valence-corrected chi connectivity index (χ0v) is 13.6. The zero-order valence-electron chi connectivity index (χ0n) is 12.1. The van der Waals surface area contributed by atoms with E-state index in [1.54, 1.807) is 42.5 Å². The second kappa shape index (κ2) is 6.60. The van der Waals surface area contributed by atoms with Gasteiger partial charge in [0.2, 0.25) is 5.91 Å². The van der Waals surface area contributed by atoms with E-state index in [4.69, 9.17) is 23.2 Å². The summed E-state index contributed by atoms with van der Waals surface area (Å²) in [6.45, 7) is 0. The van der Waals surface area contributed by atoms with E-state index in [0.717, 1.165) is 12.8 Å². The summed E-state index contributed by atoms with van der Waals surface area (Å²) in [6.07, 6.45) is 1.92. The molecule has 0 radical (unpaired) electrons. The molecule has 0 aromatic heterocycles. The van der Waals surface area contributed by atoms with Crippen molar-refractivity contribution in [3.8, 4) is 0 Å². The Morgan fingerprint density at radius 1 is 0.913 bits per heavy atom. The van der Waals surface area contributed by atoms with Crippen LogP contribution in [0.15, 0.2) is 42.5 Å². The van der Waals surface area contributed by atoms with Crippen LogP contribution >= 0.6 is 23.2 Å². The van der Waals surface area contributed by atoms with E-state index in [1.165, 1.54) is 0 Å². The molecule has 2 N–H and O–H groups in total. The van der Waals surface area contributed by atoms with Crippen molar-refractivity contribution in [2.24, 2.45) is 5.92 Å². The lowest BCUT2D eigenvalue weighted by Gasteiger charge is -2.09. The van der Waals surface area contributed by atoms with Crippen molar-refractivity contribution >= 4 is 46.4 Å². The molecule has 1 aliphatic rings. The summed E-state index contributed by atoms with van der Waals surface area (Å²) in [7, 11) is 0. The minimum atomic E-state index is -0.340. The van der Waals surface area contributed by atoms with Gasteiger partial charge in [0.05, 0.1) is 15.6 Å². The van der Waals surface area contributed by atoms with Gasteiger partial charge in [0.25, 0.3) is 5.91 Å². The van der Waals surface area contributed by atoms with E-state index < -0.39 is 0 Å². The third kappa shape index (κ3) is 3.84. The van der Waals surface area contributed by atoms with Crippen LogP contribution in [-0.4, -0.2) is 11.8 Å². The van der Waals surface area contributed by atoms with Crippen molar-refractivity contribution in [1.82, 2.24) is 0 Å². The topological polar surface area (TPSA) is 58.2 Å². The van der Waals surface area contributed by atoms with Crippen molar-refractivity contribution in [2.75, 3.05) is 10.6 Å². The molecule has 1 saturated carbocycles. The van der Waals surface area contributed by atoms with Crippen LogP contribution in [0.3, 0.4) is 0 Å². The third-order valence-electron chi connectivity index (χ3n) is 3.55. The zero-order chi connectivity index (χ0) is 16.4. The highest BCUT2D eigenvalue weighted by molar-refractivity contribution is 6.44. The number of carbonyl (C=O) groups excluding carboxylic acids is 2. The normalized spacial score (nSPS) is 13.5. The second-order valence-corrected chi connectivity index (χ2v) is 6.18. The Morgan fingerprint density at radius 2 is 1.52 bits per heavy atom. The number of anilines is 2. The van der Waals surface area contributed by atoms with Gasteiger partial charge in [-0.3, -0.25) is 9.59 Å². The van der Waals surface area contributed by atoms with Crippen LogP contribution in [0, 0.1) is 5.92 Å². The number of benzene rings is 2. The van der Waals surface area contributed by atoms with Gasteiger partial charge < -0.3 is 10.6 Å². The highest BCUT2D eigenvalue weighted by Crippen LogP contribution is 2.30. The molecule has 118 valence electrons. The number of hydrogen-bond acceptors (Lipinski definition) is 2. The van der Waals surface area contributed by atoms with Crippen LogP contribution in [0.5, 0.6) is 0 Å². The average molecular weight is 349 g/mol. The Bertz CT molecular complexity index is 756. The smallest absolute Gasteiger partial charge is 0.257 e. The molecule has 0 spiro atoms.